The van der Waals surface area contributed by atoms with Crippen LogP contribution in [0.5, 0.6) is 0 Å². The highest BCUT2D eigenvalue weighted by atomic mass is 19.1. The molecule has 1 aromatic carbocycles. The molecule has 1 aliphatic rings. The molecular formula is C20H24FN. The molecule has 0 spiro atoms. The molecule has 0 N–H and O–H groups in total. The summed E-state index contributed by atoms with van der Waals surface area (Å²) in [4.78, 5) is 4.39. The van der Waals surface area contributed by atoms with Crippen molar-refractivity contribution < 1.29 is 4.39 Å². The number of aryl methyl sites for hydroxylation is 1. The SMILES string of the molecule is CCc1ccc(-c2ccc([C@H]3CC[C@H](C)CC3)cc2F)nc1. The number of halogens is 1. The van der Waals surface area contributed by atoms with E-state index in [-0.39, 0.29) is 5.82 Å². The predicted molar refractivity (Wildman–Crippen MR) is 89.4 cm³/mol. The second kappa shape index (κ2) is 6.60. The van der Waals surface area contributed by atoms with Crippen molar-refractivity contribution >= 4 is 0 Å². The van der Waals surface area contributed by atoms with E-state index in [1.165, 1.54) is 31.2 Å². The van der Waals surface area contributed by atoms with Gasteiger partial charge in [-0.25, -0.2) is 4.39 Å². The summed E-state index contributed by atoms with van der Waals surface area (Å²) in [5.74, 6) is 1.20. The quantitative estimate of drug-likeness (QED) is 0.703. The highest BCUT2D eigenvalue weighted by Crippen LogP contribution is 2.36. The third-order valence-corrected chi connectivity index (χ3v) is 4.99. The average Bonchev–Trinajstić information content (AvgIpc) is 2.56. The molecule has 22 heavy (non-hydrogen) atoms. The van der Waals surface area contributed by atoms with Gasteiger partial charge in [-0.3, -0.25) is 4.98 Å². The van der Waals surface area contributed by atoms with Gasteiger partial charge in [0.1, 0.15) is 5.82 Å². The number of aromatic nitrogens is 1. The molecule has 0 unspecified atom stereocenters. The lowest BCUT2D eigenvalue weighted by Gasteiger charge is -2.26. The molecule has 1 saturated carbocycles. The van der Waals surface area contributed by atoms with Gasteiger partial charge in [0, 0.05) is 11.8 Å². The van der Waals surface area contributed by atoms with Crippen molar-refractivity contribution in [3.05, 3.63) is 53.5 Å². The van der Waals surface area contributed by atoms with E-state index >= 15 is 0 Å². The maximum atomic E-state index is 14.5. The average molecular weight is 297 g/mol. The van der Waals surface area contributed by atoms with Crippen LogP contribution in [0.1, 0.15) is 56.6 Å². The fourth-order valence-electron chi connectivity index (χ4n) is 3.38. The lowest BCUT2D eigenvalue weighted by Crippen LogP contribution is -2.11. The third-order valence-electron chi connectivity index (χ3n) is 4.99. The lowest BCUT2D eigenvalue weighted by molar-refractivity contribution is 0.347. The Bertz CT molecular complexity index is 625. The Morgan fingerprint density at radius 2 is 1.86 bits per heavy atom. The van der Waals surface area contributed by atoms with Crippen LogP contribution >= 0.6 is 0 Å². The van der Waals surface area contributed by atoms with Crippen molar-refractivity contribution in [2.75, 3.05) is 0 Å². The summed E-state index contributed by atoms with van der Waals surface area (Å²) in [5.41, 5.74) is 3.66. The standard InChI is InChI=1S/C20H24FN/c1-3-15-6-11-20(22-13-15)18-10-9-17(12-19(18)21)16-7-4-14(2)5-8-16/h6,9-14,16H,3-5,7-8H2,1-2H3/t14-,16-. The molecule has 3 rings (SSSR count). The van der Waals surface area contributed by atoms with Gasteiger partial charge >= 0.3 is 0 Å². The Hall–Kier alpha value is -1.70. The minimum Gasteiger partial charge on any atom is -0.256 e. The van der Waals surface area contributed by atoms with Crippen molar-refractivity contribution in [1.82, 2.24) is 4.98 Å². The second-order valence-corrected chi connectivity index (χ2v) is 6.60. The molecule has 1 heterocycles. The van der Waals surface area contributed by atoms with E-state index < -0.39 is 0 Å². The third kappa shape index (κ3) is 3.21. The van der Waals surface area contributed by atoms with E-state index in [0.29, 0.717) is 11.5 Å². The first-order valence-corrected chi connectivity index (χ1v) is 8.42. The van der Waals surface area contributed by atoms with Crippen molar-refractivity contribution in [2.45, 2.75) is 51.9 Å². The van der Waals surface area contributed by atoms with E-state index in [4.69, 9.17) is 0 Å². The van der Waals surface area contributed by atoms with Crippen LogP contribution in [0.15, 0.2) is 36.5 Å². The molecule has 1 fully saturated rings. The highest BCUT2D eigenvalue weighted by Gasteiger charge is 2.20. The number of hydrogen-bond acceptors (Lipinski definition) is 1. The summed E-state index contributed by atoms with van der Waals surface area (Å²) in [5, 5.41) is 0. The van der Waals surface area contributed by atoms with Gasteiger partial charge in [-0.15, -0.1) is 0 Å². The zero-order valence-electron chi connectivity index (χ0n) is 13.5. The lowest BCUT2D eigenvalue weighted by atomic mass is 9.79. The normalized spacial score (nSPS) is 21.8. The molecule has 116 valence electrons. The molecule has 0 saturated heterocycles. The Morgan fingerprint density at radius 3 is 2.45 bits per heavy atom. The summed E-state index contributed by atoms with van der Waals surface area (Å²) in [6.07, 6.45) is 7.68. The van der Waals surface area contributed by atoms with Crippen LogP contribution in [0.4, 0.5) is 4.39 Å². The van der Waals surface area contributed by atoms with Gasteiger partial charge in [-0.2, -0.15) is 0 Å². The van der Waals surface area contributed by atoms with Crippen LogP contribution in [0.2, 0.25) is 0 Å². The molecule has 1 nitrogen and oxygen atoms in total. The maximum absolute atomic E-state index is 14.5. The van der Waals surface area contributed by atoms with Gasteiger partial charge in [0.2, 0.25) is 0 Å². The summed E-state index contributed by atoms with van der Waals surface area (Å²) < 4.78 is 14.5. The molecule has 0 aliphatic heterocycles. The van der Waals surface area contributed by atoms with Crippen LogP contribution in [-0.2, 0) is 6.42 Å². The fraction of sp³-hybridized carbons (Fsp3) is 0.450. The Kier molecular flexibility index (Phi) is 4.56. The van der Waals surface area contributed by atoms with Crippen LogP contribution in [0.25, 0.3) is 11.3 Å². The van der Waals surface area contributed by atoms with Gasteiger partial charge < -0.3 is 0 Å². The van der Waals surface area contributed by atoms with Gasteiger partial charge in [-0.05, 0) is 60.4 Å². The van der Waals surface area contributed by atoms with Crippen LogP contribution < -0.4 is 0 Å². The van der Waals surface area contributed by atoms with Gasteiger partial charge in [0.05, 0.1) is 5.69 Å². The van der Waals surface area contributed by atoms with Crippen LogP contribution in [0.3, 0.4) is 0 Å². The highest BCUT2D eigenvalue weighted by molar-refractivity contribution is 5.60. The Morgan fingerprint density at radius 1 is 1.09 bits per heavy atom. The number of rotatable bonds is 3. The van der Waals surface area contributed by atoms with Crippen LogP contribution in [0, 0.1) is 11.7 Å². The van der Waals surface area contributed by atoms with E-state index in [0.717, 1.165) is 23.6 Å². The van der Waals surface area contributed by atoms with E-state index in [1.807, 2.05) is 24.4 Å². The molecule has 2 heteroatoms. The van der Waals surface area contributed by atoms with E-state index in [1.54, 1.807) is 6.07 Å². The second-order valence-electron chi connectivity index (χ2n) is 6.60. The number of hydrogen-bond donors (Lipinski definition) is 0. The fourth-order valence-corrected chi connectivity index (χ4v) is 3.38. The predicted octanol–water partition coefficient (Wildman–Crippen LogP) is 5.74. The van der Waals surface area contributed by atoms with Crippen molar-refractivity contribution in [1.29, 1.82) is 0 Å². The molecule has 1 aliphatic carbocycles. The van der Waals surface area contributed by atoms with Crippen molar-refractivity contribution in [2.24, 2.45) is 5.92 Å². The Labute approximate surface area is 132 Å². The summed E-state index contributed by atoms with van der Waals surface area (Å²) in [7, 11) is 0. The zero-order chi connectivity index (χ0) is 15.5. The number of pyridine rings is 1. The van der Waals surface area contributed by atoms with Crippen molar-refractivity contribution in [3.63, 3.8) is 0 Å². The van der Waals surface area contributed by atoms with Crippen molar-refractivity contribution in [3.8, 4) is 11.3 Å². The first-order valence-electron chi connectivity index (χ1n) is 8.42. The molecule has 0 radical (unpaired) electrons. The minimum absolute atomic E-state index is 0.145. The molecule has 2 aromatic rings. The van der Waals surface area contributed by atoms with E-state index in [2.05, 4.69) is 24.9 Å². The molecule has 0 bridgehead atoms. The van der Waals surface area contributed by atoms with Crippen LogP contribution in [-0.4, -0.2) is 4.98 Å². The topological polar surface area (TPSA) is 12.9 Å². The first-order chi connectivity index (χ1) is 10.7. The largest absolute Gasteiger partial charge is 0.256 e. The molecule has 0 atom stereocenters. The van der Waals surface area contributed by atoms with Gasteiger partial charge in [0.25, 0.3) is 0 Å². The Balaban J connectivity index is 1.82. The summed E-state index contributed by atoms with van der Waals surface area (Å²) in [6, 6.07) is 9.66. The van der Waals surface area contributed by atoms with Gasteiger partial charge in [-0.1, -0.05) is 38.8 Å². The van der Waals surface area contributed by atoms with E-state index in [9.17, 15) is 4.39 Å². The smallest absolute Gasteiger partial charge is 0.132 e. The van der Waals surface area contributed by atoms with Gasteiger partial charge in [0.15, 0.2) is 0 Å². The monoisotopic (exact) mass is 297 g/mol. The number of nitrogens with zero attached hydrogens (tertiary/aromatic N) is 1. The molecular weight excluding hydrogens is 273 g/mol. The first kappa shape index (κ1) is 15.2. The summed E-state index contributed by atoms with van der Waals surface area (Å²) in [6.45, 7) is 4.41. The summed E-state index contributed by atoms with van der Waals surface area (Å²) >= 11 is 0. The molecule has 1 aromatic heterocycles. The molecule has 0 amide bonds. The number of benzene rings is 1. The minimum atomic E-state index is -0.145. The zero-order valence-corrected chi connectivity index (χ0v) is 13.5. The maximum Gasteiger partial charge on any atom is 0.132 e.